The fraction of sp³-hybridized carbons (Fsp3) is 0.833. The number of carbonyl (C=O) groups excluding carboxylic acids is 1. The Morgan fingerprint density at radius 3 is 2.37 bits per heavy atom. The van der Waals surface area contributed by atoms with E-state index < -0.39 is 38.1 Å². The predicted octanol–water partition coefficient (Wildman–Crippen LogP) is 0.523. The summed E-state index contributed by atoms with van der Waals surface area (Å²) in [5, 5.41) is 8.94. The van der Waals surface area contributed by atoms with Gasteiger partial charge in [-0.2, -0.15) is 0 Å². The molecule has 19 heavy (non-hydrogen) atoms. The predicted molar refractivity (Wildman–Crippen MR) is 70.5 cm³/mol. The van der Waals surface area contributed by atoms with Crippen molar-refractivity contribution in [1.29, 1.82) is 0 Å². The molecule has 1 aliphatic rings. The van der Waals surface area contributed by atoms with Gasteiger partial charge in [0.2, 0.25) is 5.91 Å². The minimum atomic E-state index is -3.52. The van der Waals surface area contributed by atoms with Crippen LogP contribution in [-0.2, 0) is 19.4 Å². The van der Waals surface area contributed by atoms with Crippen LogP contribution in [0, 0.1) is 5.92 Å². The molecule has 0 aromatic heterocycles. The molecular weight excluding hydrogens is 270 g/mol. The Balaban J connectivity index is 2.72. The maximum absolute atomic E-state index is 12.0. The summed E-state index contributed by atoms with van der Waals surface area (Å²) in [4.78, 5) is 24.2. The molecule has 1 aliphatic heterocycles. The van der Waals surface area contributed by atoms with Crippen LogP contribution in [-0.4, -0.2) is 53.9 Å². The fourth-order valence-corrected chi connectivity index (χ4v) is 2.82. The molecule has 0 aromatic carbocycles. The Kier molecular flexibility index (Phi) is 4.60. The van der Waals surface area contributed by atoms with Crippen molar-refractivity contribution in [3.05, 3.63) is 0 Å². The van der Waals surface area contributed by atoms with Gasteiger partial charge in [0, 0.05) is 13.1 Å². The van der Waals surface area contributed by atoms with Gasteiger partial charge in [0.15, 0.2) is 9.84 Å². The molecule has 1 rings (SSSR count). The summed E-state index contributed by atoms with van der Waals surface area (Å²) in [5.74, 6) is -2.57. The number of hydrogen-bond acceptors (Lipinski definition) is 4. The molecule has 0 bridgehead atoms. The minimum absolute atomic E-state index is 0.105. The van der Waals surface area contributed by atoms with E-state index in [0.29, 0.717) is 19.4 Å². The second kappa shape index (κ2) is 5.48. The van der Waals surface area contributed by atoms with Crippen LogP contribution >= 0.6 is 0 Å². The number of rotatable bonds is 3. The zero-order valence-electron chi connectivity index (χ0n) is 11.5. The van der Waals surface area contributed by atoms with Crippen LogP contribution in [0.2, 0.25) is 0 Å². The Morgan fingerprint density at radius 1 is 1.32 bits per heavy atom. The SMILES string of the molecule is CC(C)(C)S(=O)(=O)CC(=O)N1CCC[C@H](C(=O)O)C1. The molecule has 0 radical (unpaired) electrons. The van der Waals surface area contributed by atoms with Gasteiger partial charge in [-0.05, 0) is 33.6 Å². The summed E-state index contributed by atoms with van der Waals surface area (Å²) in [6.45, 7) is 5.18. The number of nitrogens with zero attached hydrogens (tertiary/aromatic N) is 1. The number of hydrogen-bond donors (Lipinski definition) is 1. The number of likely N-dealkylation sites (tertiary alicyclic amines) is 1. The van der Waals surface area contributed by atoms with Gasteiger partial charge in [-0.1, -0.05) is 0 Å². The van der Waals surface area contributed by atoms with E-state index in [0.717, 1.165) is 0 Å². The second-order valence-corrected chi connectivity index (χ2v) is 8.63. The molecule has 110 valence electrons. The number of sulfone groups is 1. The molecule has 1 N–H and O–H groups in total. The smallest absolute Gasteiger partial charge is 0.308 e. The molecule has 1 fully saturated rings. The van der Waals surface area contributed by atoms with Crippen LogP contribution in [0.1, 0.15) is 33.6 Å². The van der Waals surface area contributed by atoms with Gasteiger partial charge in [0.25, 0.3) is 0 Å². The Bertz CT molecular complexity index is 463. The third-order valence-corrected chi connectivity index (χ3v) is 5.86. The second-order valence-electron chi connectivity index (χ2n) is 5.89. The van der Waals surface area contributed by atoms with Crippen LogP contribution in [0.4, 0.5) is 0 Å². The van der Waals surface area contributed by atoms with Crippen molar-refractivity contribution < 1.29 is 23.1 Å². The Hall–Kier alpha value is -1.11. The van der Waals surface area contributed by atoms with Crippen molar-refractivity contribution in [2.75, 3.05) is 18.8 Å². The zero-order valence-corrected chi connectivity index (χ0v) is 12.4. The lowest BCUT2D eigenvalue weighted by Crippen LogP contribution is -2.46. The summed E-state index contributed by atoms with van der Waals surface area (Å²) in [6, 6.07) is 0. The number of piperidine rings is 1. The maximum atomic E-state index is 12.0. The van der Waals surface area contributed by atoms with Gasteiger partial charge >= 0.3 is 5.97 Å². The Labute approximate surface area is 113 Å². The molecule has 1 heterocycles. The monoisotopic (exact) mass is 291 g/mol. The molecule has 0 unspecified atom stereocenters. The van der Waals surface area contributed by atoms with E-state index in [1.807, 2.05) is 0 Å². The first-order valence-electron chi connectivity index (χ1n) is 6.27. The van der Waals surface area contributed by atoms with Gasteiger partial charge in [0.05, 0.1) is 10.7 Å². The van der Waals surface area contributed by atoms with Crippen molar-refractivity contribution in [2.45, 2.75) is 38.4 Å². The number of carboxylic acid groups (broad SMARTS) is 1. The van der Waals surface area contributed by atoms with E-state index in [1.54, 1.807) is 20.8 Å². The van der Waals surface area contributed by atoms with Crippen molar-refractivity contribution in [3.8, 4) is 0 Å². The van der Waals surface area contributed by atoms with Gasteiger partial charge in [-0.15, -0.1) is 0 Å². The lowest BCUT2D eigenvalue weighted by atomic mass is 9.98. The first-order valence-corrected chi connectivity index (χ1v) is 7.93. The van der Waals surface area contributed by atoms with Crippen LogP contribution in [0.3, 0.4) is 0 Å². The first kappa shape index (κ1) is 15.9. The average Bonchev–Trinajstić information content (AvgIpc) is 2.27. The highest BCUT2D eigenvalue weighted by Crippen LogP contribution is 2.20. The third-order valence-electron chi connectivity index (χ3n) is 3.37. The number of aliphatic carboxylic acids is 1. The van der Waals surface area contributed by atoms with E-state index in [2.05, 4.69) is 0 Å². The molecule has 0 spiro atoms. The molecule has 1 atom stereocenters. The number of amides is 1. The normalized spacial score (nSPS) is 21.2. The maximum Gasteiger partial charge on any atom is 0.308 e. The first-order chi connectivity index (χ1) is 8.54. The van der Waals surface area contributed by atoms with Crippen LogP contribution in [0.5, 0.6) is 0 Å². The standard InChI is InChI=1S/C12H21NO5S/c1-12(2,3)19(17,18)8-10(14)13-6-4-5-9(7-13)11(15)16/h9H,4-8H2,1-3H3,(H,15,16)/t9-/m0/s1. The lowest BCUT2D eigenvalue weighted by Gasteiger charge is -2.31. The summed E-state index contributed by atoms with van der Waals surface area (Å²) in [5.41, 5.74) is 0. The van der Waals surface area contributed by atoms with Crippen molar-refractivity contribution in [3.63, 3.8) is 0 Å². The third kappa shape index (κ3) is 3.92. The van der Waals surface area contributed by atoms with Gasteiger partial charge in [-0.3, -0.25) is 9.59 Å². The van der Waals surface area contributed by atoms with E-state index in [-0.39, 0.29) is 6.54 Å². The van der Waals surface area contributed by atoms with Crippen molar-refractivity contribution >= 4 is 21.7 Å². The molecule has 0 aliphatic carbocycles. The highest BCUT2D eigenvalue weighted by Gasteiger charge is 2.35. The van der Waals surface area contributed by atoms with Crippen LogP contribution < -0.4 is 0 Å². The fourth-order valence-electron chi connectivity index (χ4n) is 1.88. The topological polar surface area (TPSA) is 91.8 Å². The summed E-state index contributed by atoms with van der Waals surface area (Å²) >= 11 is 0. The number of carboxylic acids is 1. The van der Waals surface area contributed by atoms with Crippen LogP contribution in [0.15, 0.2) is 0 Å². The minimum Gasteiger partial charge on any atom is -0.481 e. The van der Waals surface area contributed by atoms with Gasteiger partial charge in [-0.25, -0.2) is 8.42 Å². The Morgan fingerprint density at radius 2 is 1.89 bits per heavy atom. The highest BCUT2D eigenvalue weighted by atomic mass is 32.2. The molecule has 6 nitrogen and oxygen atoms in total. The quantitative estimate of drug-likeness (QED) is 0.818. The van der Waals surface area contributed by atoms with E-state index in [9.17, 15) is 18.0 Å². The van der Waals surface area contributed by atoms with Crippen molar-refractivity contribution in [1.82, 2.24) is 4.90 Å². The zero-order chi connectivity index (χ0) is 14.8. The highest BCUT2D eigenvalue weighted by molar-refractivity contribution is 7.93. The van der Waals surface area contributed by atoms with Gasteiger partial charge < -0.3 is 10.0 Å². The molecular formula is C12H21NO5S. The molecule has 1 saturated heterocycles. The van der Waals surface area contributed by atoms with Crippen LogP contribution in [0.25, 0.3) is 0 Å². The van der Waals surface area contributed by atoms with E-state index in [4.69, 9.17) is 5.11 Å². The summed E-state index contributed by atoms with van der Waals surface area (Å²) in [6.07, 6.45) is 1.13. The largest absolute Gasteiger partial charge is 0.481 e. The number of carbonyl (C=O) groups is 2. The molecule has 1 amide bonds. The summed E-state index contributed by atoms with van der Waals surface area (Å²) in [7, 11) is -3.52. The summed E-state index contributed by atoms with van der Waals surface area (Å²) < 4.78 is 22.9. The average molecular weight is 291 g/mol. The van der Waals surface area contributed by atoms with Crippen molar-refractivity contribution in [2.24, 2.45) is 5.92 Å². The molecule has 0 saturated carbocycles. The van der Waals surface area contributed by atoms with Gasteiger partial charge in [0.1, 0.15) is 5.75 Å². The van der Waals surface area contributed by atoms with E-state index in [1.165, 1.54) is 4.90 Å². The molecule has 0 aromatic rings. The van der Waals surface area contributed by atoms with E-state index >= 15 is 0 Å². The molecule has 7 heteroatoms. The lowest BCUT2D eigenvalue weighted by molar-refractivity contribution is -0.145.